The van der Waals surface area contributed by atoms with E-state index >= 15 is 0 Å². The minimum absolute atomic E-state index is 0.0394. The molecule has 11 heteroatoms. The molecular weight excluding hydrogens is 322 g/mol. The molecule has 1 saturated heterocycles. The van der Waals surface area contributed by atoms with Gasteiger partial charge in [-0.15, -0.1) is 0 Å². The van der Waals surface area contributed by atoms with Crippen LogP contribution in [0.3, 0.4) is 0 Å². The molecule has 24 heavy (non-hydrogen) atoms. The first kappa shape index (κ1) is 16.8. The first-order valence-corrected chi connectivity index (χ1v) is 7.29. The molecule has 0 saturated carbocycles. The van der Waals surface area contributed by atoms with Gasteiger partial charge in [0.05, 0.1) is 12.9 Å². The molecule has 0 radical (unpaired) electrons. The van der Waals surface area contributed by atoms with Crippen molar-refractivity contribution in [3.8, 4) is 0 Å². The summed E-state index contributed by atoms with van der Waals surface area (Å²) in [6.45, 7) is -0.551. The van der Waals surface area contributed by atoms with Gasteiger partial charge in [-0.3, -0.25) is 14.3 Å². The summed E-state index contributed by atoms with van der Waals surface area (Å²) in [7, 11) is 3.39. The first-order chi connectivity index (χ1) is 11.3. The van der Waals surface area contributed by atoms with Crippen LogP contribution in [0.5, 0.6) is 0 Å². The van der Waals surface area contributed by atoms with Crippen molar-refractivity contribution in [1.29, 1.82) is 0 Å². The summed E-state index contributed by atoms with van der Waals surface area (Å²) in [4.78, 5) is 24.5. The number of nitrogens with one attached hydrogen (secondary N) is 1. The van der Waals surface area contributed by atoms with Crippen molar-refractivity contribution < 1.29 is 25.2 Å². The van der Waals surface area contributed by atoms with Crippen LogP contribution in [0.15, 0.2) is 11.1 Å². The number of aromatic amines is 1. The fourth-order valence-electron chi connectivity index (χ4n) is 2.62. The van der Waals surface area contributed by atoms with E-state index in [1.807, 2.05) is 0 Å². The maximum Gasteiger partial charge on any atom is 0.280 e. The lowest BCUT2D eigenvalue weighted by molar-refractivity contribution is -0.250. The third kappa shape index (κ3) is 2.56. The summed E-state index contributed by atoms with van der Waals surface area (Å²) in [6.07, 6.45) is -5.49. The molecule has 2 aromatic rings. The number of imidazole rings is 1. The zero-order chi connectivity index (χ0) is 17.6. The average Bonchev–Trinajstić information content (AvgIpc) is 2.97. The molecule has 0 aromatic carbocycles. The Hall–Kier alpha value is -2.05. The van der Waals surface area contributed by atoms with Gasteiger partial charge in [0.1, 0.15) is 24.4 Å². The van der Waals surface area contributed by atoms with E-state index in [2.05, 4.69) is 15.0 Å². The van der Waals surface area contributed by atoms with Crippen LogP contribution in [0.4, 0.5) is 5.95 Å². The van der Waals surface area contributed by atoms with Gasteiger partial charge < -0.3 is 30.1 Å². The zero-order valence-electron chi connectivity index (χ0n) is 13.1. The highest BCUT2D eigenvalue weighted by atomic mass is 16.6. The Morgan fingerprint density at radius 1 is 1.29 bits per heavy atom. The van der Waals surface area contributed by atoms with Gasteiger partial charge in [-0.2, -0.15) is 4.98 Å². The van der Waals surface area contributed by atoms with Gasteiger partial charge in [-0.25, -0.2) is 4.98 Å². The number of aliphatic hydroxyl groups excluding tert-OH is 4. The van der Waals surface area contributed by atoms with Gasteiger partial charge in [0.2, 0.25) is 5.95 Å². The fourth-order valence-corrected chi connectivity index (χ4v) is 2.62. The van der Waals surface area contributed by atoms with Crippen molar-refractivity contribution in [1.82, 2.24) is 19.5 Å². The van der Waals surface area contributed by atoms with Crippen LogP contribution in [0, 0.1) is 0 Å². The van der Waals surface area contributed by atoms with Gasteiger partial charge in [0, 0.05) is 14.1 Å². The Bertz CT molecular complexity index is 787. The molecule has 0 aliphatic carbocycles. The van der Waals surface area contributed by atoms with Crippen molar-refractivity contribution in [2.24, 2.45) is 0 Å². The van der Waals surface area contributed by atoms with Crippen LogP contribution in [0.1, 0.15) is 6.23 Å². The van der Waals surface area contributed by atoms with Crippen LogP contribution < -0.4 is 10.5 Å². The predicted octanol–water partition coefficient (Wildman–Crippen LogP) is -2.84. The molecule has 2 aromatic heterocycles. The molecule has 0 bridgehead atoms. The van der Waals surface area contributed by atoms with E-state index in [9.17, 15) is 25.2 Å². The largest absolute Gasteiger partial charge is 0.394 e. The molecule has 0 spiro atoms. The molecule has 11 nitrogen and oxygen atoms in total. The Balaban J connectivity index is 2.10. The first-order valence-electron chi connectivity index (χ1n) is 7.29. The monoisotopic (exact) mass is 341 g/mol. The lowest BCUT2D eigenvalue weighted by Crippen LogP contribution is -2.56. The molecule has 132 valence electrons. The second kappa shape index (κ2) is 6.11. The van der Waals surface area contributed by atoms with E-state index in [-0.39, 0.29) is 17.1 Å². The molecule has 5 atom stereocenters. The van der Waals surface area contributed by atoms with Crippen LogP contribution in [0.2, 0.25) is 0 Å². The summed E-state index contributed by atoms with van der Waals surface area (Å²) >= 11 is 0. The molecule has 0 unspecified atom stereocenters. The number of H-pyrrole nitrogens is 1. The molecule has 3 heterocycles. The van der Waals surface area contributed by atoms with Gasteiger partial charge in [-0.05, 0) is 0 Å². The minimum Gasteiger partial charge on any atom is -0.394 e. The Kier molecular flexibility index (Phi) is 4.27. The highest BCUT2D eigenvalue weighted by Crippen LogP contribution is 2.30. The molecule has 5 N–H and O–H groups in total. The molecule has 1 fully saturated rings. The van der Waals surface area contributed by atoms with E-state index < -0.39 is 42.8 Å². The smallest absolute Gasteiger partial charge is 0.280 e. The predicted molar refractivity (Wildman–Crippen MR) is 81.5 cm³/mol. The fraction of sp³-hybridized carbons (Fsp3) is 0.615. The van der Waals surface area contributed by atoms with Gasteiger partial charge in [0.15, 0.2) is 17.4 Å². The molecule has 1 aliphatic heterocycles. The molecule has 0 amide bonds. The van der Waals surface area contributed by atoms with E-state index in [4.69, 9.17) is 4.74 Å². The van der Waals surface area contributed by atoms with Crippen LogP contribution >= 0.6 is 0 Å². The number of aliphatic hydroxyl groups is 4. The van der Waals surface area contributed by atoms with Gasteiger partial charge in [0.25, 0.3) is 5.56 Å². The number of nitrogens with zero attached hydrogens (tertiary/aromatic N) is 4. The number of hydrogen-bond acceptors (Lipinski definition) is 9. The summed E-state index contributed by atoms with van der Waals surface area (Å²) in [5.74, 6) is 0.277. The molecule has 1 aliphatic rings. The van der Waals surface area contributed by atoms with Crippen LogP contribution in [-0.4, -0.2) is 85.1 Å². The quantitative estimate of drug-likeness (QED) is 0.396. The van der Waals surface area contributed by atoms with E-state index in [0.717, 1.165) is 0 Å². The lowest BCUT2D eigenvalue weighted by Gasteiger charge is -2.40. The van der Waals surface area contributed by atoms with E-state index in [1.165, 1.54) is 10.9 Å². The number of aromatic nitrogens is 4. The summed E-state index contributed by atoms with van der Waals surface area (Å²) < 4.78 is 6.76. The molecular formula is C13H19N5O6. The van der Waals surface area contributed by atoms with Gasteiger partial charge in [-0.1, -0.05) is 0 Å². The van der Waals surface area contributed by atoms with Crippen molar-refractivity contribution in [2.45, 2.75) is 30.6 Å². The number of anilines is 1. The SMILES string of the molecule is CN(C)c1nc2c(ncn2[C@@H]2O[C@H](CO)[C@@H](O)[C@H](O)[C@H]2O)c(=O)[nH]1. The van der Waals surface area contributed by atoms with Crippen LogP contribution in [0.25, 0.3) is 11.2 Å². The van der Waals surface area contributed by atoms with Crippen molar-refractivity contribution in [3.63, 3.8) is 0 Å². The van der Waals surface area contributed by atoms with E-state index in [1.54, 1.807) is 19.0 Å². The van der Waals surface area contributed by atoms with E-state index in [0.29, 0.717) is 0 Å². The second-order valence-corrected chi connectivity index (χ2v) is 5.83. The van der Waals surface area contributed by atoms with Gasteiger partial charge >= 0.3 is 0 Å². The minimum atomic E-state index is -1.53. The maximum absolute atomic E-state index is 12.1. The average molecular weight is 341 g/mol. The van der Waals surface area contributed by atoms with Crippen molar-refractivity contribution >= 4 is 17.1 Å². The number of fused-ring (bicyclic) bond motifs is 1. The highest BCUT2D eigenvalue weighted by molar-refractivity contribution is 5.71. The van der Waals surface area contributed by atoms with Crippen molar-refractivity contribution in [3.05, 3.63) is 16.7 Å². The molecule has 3 rings (SSSR count). The second-order valence-electron chi connectivity index (χ2n) is 5.83. The normalized spacial score (nSPS) is 30.7. The maximum atomic E-state index is 12.1. The summed E-state index contributed by atoms with van der Waals surface area (Å²) in [5.41, 5.74) is -0.281. The Morgan fingerprint density at radius 2 is 2.00 bits per heavy atom. The summed E-state index contributed by atoms with van der Waals surface area (Å²) in [5, 5.41) is 39.3. The lowest BCUT2D eigenvalue weighted by atomic mass is 9.98. The highest BCUT2D eigenvalue weighted by Gasteiger charge is 2.44. The number of hydrogen-bond donors (Lipinski definition) is 5. The number of ether oxygens (including phenoxy) is 1. The third-order valence-electron chi connectivity index (χ3n) is 3.98. The summed E-state index contributed by atoms with van der Waals surface area (Å²) in [6, 6.07) is 0. The van der Waals surface area contributed by atoms with Crippen LogP contribution in [-0.2, 0) is 4.74 Å². The Labute approximate surface area is 135 Å². The topological polar surface area (TPSA) is 157 Å². The standard InChI is InChI=1S/C13H19N5O6/c1-17(2)13-15-10-6(11(23)16-13)14-4-18(10)12-9(22)8(21)7(20)5(3-19)24-12/h4-5,7-9,12,19-22H,3H2,1-2H3,(H,15,16,23)/t5-,7-,8+,9-,12-/m1/s1. The van der Waals surface area contributed by atoms with Crippen molar-refractivity contribution in [2.75, 3.05) is 25.6 Å². The zero-order valence-corrected chi connectivity index (χ0v) is 13.1. The Morgan fingerprint density at radius 3 is 2.62 bits per heavy atom. The third-order valence-corrected chi connectivity index (χ3v) is 3.98. The number of rotatable bonds is 3.